The molecule has 0 radical (unpaired) electrons. The molecule has 2 N–H and O–H groups in total. The molecule has 0 bridgehead atoms. The maximum atomic E-state index is 12.8. The number of amides is 2. The topological polar surface area (TPSA) is 123 Å². The van der Waals surface area contributed by atoms with Crippen LogP contribution < -0.4 is 19.7 Å². The van der Waals surface area contributed by atoms with Crippen LogP contribution in [0.1, 0.15) is 22.8 Å². The predicted molar refractivity (Wildman–Crippen MR) is 148 cm³/mol. The molecule has 9 nitrogen and oxygen atoms in total. The van der Waals surface area contributed by atoms with E-state index in [1.165, 1.54) is 50.6 Å². The van der Waals surface area contributed by atoms with Crippen LogP contribution in [0.15, 0.2) is 93.3 Å². The van der Waals surface area contributed by atoms with Crippen molar-refractivity contribution >= 4 is 60.5 Å². The number of hydrogen-bond acceptors (Lipinski definition) is 7. The molecule has 0 atom stereocenters. The number of ether oxygens (including phenoxy) is 1. The molecule has 0 saturated heterocycles. The zero-order valence-corrected chi connectivity index (χ0v) is 22.7. The number of nitrogens with one attached hydrogen (secondary N) is 2. The third-order valence-corrected chi connectivity index (χ3v) is 7.12. The Morgan fingerprint density at radius 2 is 1.66 bits per heavy atom. The van der Waals surface area contributed by atoms with E-state index in [0.717, 1.165) is 10.8 Å². The van der Waals surface area contributed by atoms with E-state index >= 15 is 0 Å². The van der Waals surface area contributed by atoms with Crippen molar-refractivity contribution in [2.45, 2.75) is 11.8 Å². The number of halogens is 1. The summed E-state index contributed by atoms with van der Waals surface area (Å²) in [6, 6.07) is 21.7. The number of fused-ring (bicyclic) bond motifs is 1. The van der Waals surface area contributed by atoms with Crippen molar-refractivity contribution in [2.75, 3.05) is 12.4 Å². The highest BCUT2D eigenvalue weighted by Gasteiger charge is 2.22. The first kappa shape index (κ1) is 26.8. The highest BCUT2D eigenvalue weighted by atomic mass is 79.9. The Labute approximate surface area is 227 Å². The number of hydrogen-bond donors (Lipinski definition) is 2. The lowest BCUT2D eigenvalue weighted by Crippen LogP contribution is -2.17. The molecule has 0 spiro atoms. The van der Waals surface area contributed by atoms with Crippen molar-refractivity contribution in [3.8, 4) is 11.5 Å². The molecule has 0 saturated carbocycles. The molecular formula is C27H22BrN3O6S. The molecule has 0 heterocycles. The lowest BCUT2D eigenvalue weighted by Gasteiger charge is -2.13. The van der Waals surface area contributed by atoms with Gasteiger partial charge in [-0.2, -0.15) is 13.5 Å². The highest BCUT2D eigenvalue weighted by Crippen LogP contribution is 2.38. The average molecular weight is 596 g/mol. The standard InChI is InChI=1S/C27H22BrN3O6S/c1-17(32)30-22-9-11-23(12-10-22)38(34,35)37-26-24(28)13-18(14-25(26)36-2)16-29-31-27(33)21-8-7-19-5-3-4-6-20(19)15-21/h3-16H,1-2H3,(H,30,32)(H,31,33)/b29-16-. The summed E-state index contributed by atoms with van der Waals surface area (Å²) in [5.41, 5.74) is 3.90. The predicted octanol–water partition coefficient (Wildman–Crippen LogP) is 5.10. The number of carbonyl (C=O) groups is 2. The van der Waals surface area contributed by atoms with Gasteiger partial charge in [-0.3, -0.25) is 9.59 Å². The van der Waals surface area contributed by atoms with Crippen molar-refractivity contribution in [3.63, 3.8) is 0 Å². The van der Waals surface area contributed by atoms with E-state index in [-0.39, 0.29) is 32.7 Å². The molecule has 4 rings (SSSR count). The minimum atomic E-state index is -4.21. The molecule has 2 amide bonds. The second-order valence-electron chi connectivity index (χ2n) is 8.04. The summed E-state index contributed by atoms with van der Waals surface area (Å²) in [6.07, 6.45) is 1.39. The molecule has 11 heteroatoms. The minimum Gasteiger partial charge on any atom is -0.493 e. The molecule has 0 aromatic heterocycles. The van der Waals surface area contributed by atoms with Crippen molar-refractivity contribution < 1.29 is 26.9 Å². The van der Waals surface area contributed by atoms with Crippen LogP contribution in [-0.2, 0) is 14.9 Å². The van der Waals surface area contributed by atoms with Gasteiger partial charge in [-0.15, -0.1) is 0 Å². The monoisotopic (exact) mass is 595 g/mol. The first-order valence-corrected chi connectivity index (χ1v) is 13.4. The van der Waals surface area contributed by atoms with Gasteiger partial charge in [-0.1, -0.05) is 30.3 Å². The third kappa shape index (κ3) is 6.36. The van der Waals surface area contributed by atoms with Gasteiger partial charge in [0.25, 0.3) is 5.91 Å². The summed E-state index contributed by atoms with van der Waals surface area (Å²) in [5, 5.41) is 8.53. The van der Waals surface area contributed by atoms with Crippen LogP contribution in [0.3, 0.4) is 0 Å². The fraction of sp³-hybridized carbons (Fsp3) is 0.0741. The number of rotatable bonds is 8. The highest BCUT2D eigenvalue weighted by molar-refractivity contribution is 9.10. The molecule has 0 aliphatic heterocycles. The van der Waals surface area contributed by atoms with E-state index in [9.17, 15) is 18.0 Å². The van der Waals surface area contributed by atoms with E-state index in [0.29, 0.717) is 16.8 Å². The lowest BCUT2D eigenvalue weighted by atomic mass is 10.1. The van der Waals surface area contributed by atoms with E-state index in [1.54, 1.807) is 18.2 Å². The zero-order valence-electron chi connectivity index (χ0n) is 20.3. The van der Waals surface area contributed by atoms with Gasteiger partial charge in [0.05, 0.1) is 17.8 Å². The Hall–Kier alpha value is -4.22. The average Bonchev–Trinajstić information content (AvgIpc) is 2.89. The van der Waals surface area contributed by atoms with Gasteiger partial charge < -0.3 is 14.2 Å². The van der Waals surface area contributed by atoms with Crippen molar-refractivity contribution in [1.82, 2.24) is 5.43 Å². The largest absolute Gasteiger partial charge is 0.493 e. The summed E-state index contributed by atoms with van der Waals surface area (Å²) < 4.78 is 36.7. The first-order valence-electron chi connectivity index (χ1n) is 11.2. The molecule has 0 aliphatic carbocycles. The molecule has 38 heavy (non-hydrogen) atoms. The normalized spacial score (nSPS) is 11.3. The molecule has 0 aliphatic rings. The third-order valence-electron chi connectivity index (χ3n) is 5.30. The summed E-state index contributed by atoms with van der Waals surface area (Å²) in [6.45, 7) is 1.35. The van der Waals surface area contributed by atoms with Gasteiger partial charge in [0.2, 0.25) is 5.91 Å². The van der Waals surface area contributed by atoms with Crippen LogP contribution in [0.2, 0.25) is 0 Å². The maximum absolute atomic E-state index is 12.8. The lowest BCUT2D eigenvalue weighted by molar-refractivity contribution is -0.114. The molecule has 0 unspecified atom stereocenters. The Balaban J connectivity index is 1.49. The van der Waals surface area contributed by atoms with Gasteiger partial charge >= 0.3 is 10.1 Å². The van der Waals surface area contributed by atoms with Gasteiger partial charge in [0.1, 0.15) is 4.90 Å². The van der Waals surface area contributed by atoms with Crippen LogP contribution in [0.25, 0.3) is 10.8 Å². The van der Waals surface area contributed by atoms with Gasteiger partial charge in [-0.25, -0.2) is 5.43 Å². The van der Waals surface area contributed by atoms with Crippen molar-refractivity contribution in [3.05, 3.63) is 94.5 Å². The number of methoxy groups -OCH3 is 1. The summed E-state index contributed by atoms with van der Waals surface area (Å²) in [7, 11) is -2.85. The second kappa shape index (κ2) is 11.4. The van der Waals surface area contributed by atoms with Crippen LogP contribution in [0.5, 0.6) is 11.5 Å². The quantitative estimate of drug-likeness (QED) is 0.166. The number of carbonyl (C=O) groups excluding carboxylic acids is 2. The Morgan fingerprint density at radius 1 is 0.947 bits per heavy atom. The van der Waals surface area contributed by atoms with E-state index in [1.807, 2.05) is 30.3 Å². The SMILES string of the molecule is COc1cc(/C=N\NC(=O)c2ccc3ccccc3c2)cc(Br)c1OS(=O)(=O)c1ccc(NC(C)=O)cc1. The Morgan fingerprint density at radius 3 is 2.34 bits per heavy atom. The fourth-order valence-electron chi connectivity index (χ4n) is 3.52. The summed E-state index contributed by atoms with van der Waals surface area (Å²) in [5.74, 6) is -0.591. The van der Waals surface area contributed by atoms with E-state index < -0.39 is 10.1 Å². The van der Waals surface area contributed by atoms with Crippen LogP contribution in [0, 0.1) is 0 Å². The second-order valence-corrected chi connectivity index (χ2v) is 10.4. The number of hydrazone groups is 1. The molecule has 194 valence electrons. The number of anilines is 1. The Bertz CT molecular complexity index is 1650. The van der Waals surface area contributed by atoms with E-state index in [2.05, 4.69) is 31.8 Å². The molecule has 4 aromatic carbocycles. The number of benzene rings is 4. The van der Waals surface area contributed by atoms with Crippen LogP contribution in [-0.4, -0.2) is 33.6 Å². The zero-order chi connectivity index (χ0) is 27.3. The molecule has 4 aromatic rings. The molecular weight excluding hydrogens is 574 g/mol. The maximum Gasteiger partial charge on any atom is 0.339 e. The summed E-state index contributed by atoms with van der Waals surface area (Å²) >= 11 is 3.32. The van der Waals surface area contributed by atoms with Crippen molar-refractivity contribution in [2.24, 2.45) is 5.10 Å². The van der Waals surface area contributed by atoms with Crippen molar-refractivity contribution in [1.29, 1.82) is 0 Å². The first-order chi connectivity index (χ1) is 18.2. The number of nitrogens with zero attached hydrogens (tertiary/aromatic N) is 1. The van der Waals surface area contributed by atoms with Gasteiger partial charge in [0.15, 0.2) is 11.5 Å². The Kier molecular flexibility index (Phi) is 8.08. The van der Waals surface area contributed by atoms with Crippen LogP contribution >= 0.6 is 15.9 Å². The van der Waals surface area contributed by atoms with Gasteiger partial charge in [-0.05, 0) is 80.8 Å². The smallest absolute Gasteiger partial charge is 0.339 e. The van der Waals surface area contributed by atoms with Gasteiger partial charge in [0, 0.05) is 18.2 Å². The fourth-order valence-corrected chi connectivity index (χ4v) is 5.13. The van der Waals surface area contributed by atoms with E-state index in [4.69, 9.17) is 8.92 Å². The summed E-state index contributed by atoms with van der Waals surface area (Å²) in [4.78, 5) is 23.6. The molecule has 0 fully saturated rings. The minimum absolute atomic E-state index is 0.0595. The van der Waals surface area contributed by atoms with Crippen LogP contribution in [0.4, 0.5) is 5.69 Å².